The minimum absolute atomic E-state index is 0.0915. The summed E-state index contributed by atoms with van der Waals surface area (Å²) in [6.45, 7) is 0.344. The van der Waals surface area contributed by atoms with Crippen molar-refractivity contribution in [2.24, 2.45) is 0 Å². The molecule has 0 atom stereocenters. The van der Waals surface area contributed by atoms with E-state index in [-0.39, 0.29) is 22.8 Å². The van der Waals surface area contributed by atoms with E-state index in [1.807, 2.05) is 36.4 Å². The zero-order valence-electron chi connectivity index (χ0n) is 15.0. The van der Waals surface area contributed by atoms with Gasteiger partial charge in [0.1, 0.15) is 12.4 Å². The molecule has 0 spiro atoms. The molecule has 4 rings (SSSR count). The molecule has 0 aliphatic rings. The van der Waals surface area contributed by atoms with Gasteiger partial charge >= 0.3 is 5.56 Å². The van der Waals surface area contributed by atoms with E-state index in [9.17, 15) is 14.3 Å². The Morgan fingerprint density at radius 3 is 2.43 bits per heavy atom. The first-order valence-electron chi connectivity index (χ1n) is 8.89. The highest BCUT2D eigenvalue weighted by Gasteiger charge is 2.23. The molecule has 0 amide bonds. The van der Waals surface area contributed by atoms with Gasteiger partial charge in [0, 0.05) is 6.07 Å². The lowest BCUT2D eigenvalue weighted by Crippen LogP contribution is -2.40. The molecular weight excluding hydrogens is 355 g/mol. The number of halogens is 1. The minimum atomic E-state index is -0.287. The average molecular weight is 373 g/mol. The molecule has 0 unspecified atom stereocenters. The SMILES string of the molecule is O=c1c(-c2ccccc2)c(O)[n+](C/C=C/c2ccc(F)cc2)c2ccccn12. The number of hydrogen-bond donors (Lipinski definition) is 1. The van der Waals surface area contributed by atoms with Crippen molar-refractivity contribution >= 4 is 11.7 Å². The molecule has 0 saturated heterocycles. The van der Waals surface area contributed by atoms with Crippen molar-refractivity contribution in [2.75, 3.05) is 0 Å². The largest absolute Gasteiger partial charge is 0.477 e. The molecule has 2 aromatic carbocycles. The monoisotopic (exact) mass is 373 g/mol. The van der Waals surface area contributed by atoms with Crippen LogP contribution < -0.4 is 10.1 Å². The summed E-state index contributed by atoms with van der Waals surface area (Å²) in [4.78, 5) is 13.0. The van der Waals surface area contributed by atoms with E-state index in [2.05, 4.69) is 0 Å². The van der Waals surface area contributed by atoms with E-state index >= 15 is 0 Å². The Balaban J connectivity index is 1.83. The fourth-order valence-electron chi connectivity index (χ4n) is 3.19. The van der Waals surface area contributed by atoms with Crippen molar-refractivity contribution in [3.63, 3.8) is 0 Å². The van der Waals surface area contributed by atoms with Crippen LogP contribution in [0.1, 0.15) is 5.56 Å². The summed E-state index contributed by atoms with van der Waals surface area (Å²) in [7, 11) is 0. The molecular formula is C23H18FN2O2+. The van der Waals surface area contributed by atoms with Crippen LogP contribution in [0.15, 0.2) is 89.9 Å². The molecule has 138 valence electrons. The van der Waals surface area contributed by atoms with Gasteiger partial charge in [-0.15, -0.1) is 0 Å². The standard InChI is InChI=1S/C23H17FN2O2/c24-19-13-11-17(12-14-19)7-6-16-26-20-10-4-5-15-25(20)22(27)21(23(26)28)18-8-2-1-3-9-18/h1-15H,16H2/p+1/b7-6+. The molecule has 2 aromatic heterocycles. The van der Waals surface area contributed by atoms with Crippen LogP contribution in [-0.4, -0.2) is 9.51 Å². The number of benzene rings is 2. The van der Waals surface area contributed by atoms with Gasteiger partial charge in [0.25, 0.3) is 11.5 Å². The molecule has 0 fully saturated rings. The fraction of sp³-hybridized carbons (Fsp3) is 0.0435. The summed E-state index contributed by atoms with van der Waals surface area (Å²) in [5, 5.41) is 10.9. The van der Waals surface area contributed by atoms with Crippen molar-refractivity contribution in [2.45, 2.75) is 6.54 Å². The predicted octanol–water partition coefficient (Wildman–Crippen LogP) is 3.81. The summed E-state index contributed by atoms with van der Waals surface area (Å²) < 4.78 is 16.2. The molecule has 0 saturated carbocycles. The van der Waals surface area contributed by atoms with E-state index in [0.717, 1.165) is 5.56 Å². The van der Waals surface area contributed by atoms with E-state index in [0.29, 0.717) is 17.8 Å². The Hall–Kier alpha value is -3.73. The van der Waals surface area contributed by atoms with Crippen molar-refractivity contribution in [1.29, 1.82) is 0 Å². The first kappa shape index (κ1) is 17.7. The van der Waals surface area contributed by atoms with Crippen molar-refractivity contribution in [3.8, 4) is 17.0 Å². The lowest BCUT2D eigenvalue weighted by Gasteiger charge is -2.08. The van der Waals surface area contributed by atoms with Crippen LogP contribution >= 0.6 is 0 Å². The van der Waals surface area contributed by atoms with Crippen molar-refractivity contribution < 1.29 is 14.1 Å². The van der Waals surface area contributed by atoms with Crippen molar-refractivity contribution in [1.82, 2.24) is 4.40 Å². The number of aromatic nitrogens is 2. The van der Waals surface area contributed by atoms with Crippen LogP contribution in [-0.2, 0) is 6.54 Å². The van der Waals surface area contributed by atoms with Gasteiger partial charge in [-0.2, -0.15) is 8.97 Å². The molecule has 0 aliphatic heterocycles. The third-order valence-electron chi connectivity index (χ3n) is 4.56. The zero-order valence-corrected chi connectivity index (χ0v) is 15.0. The van der Waals surface area contributed by atoms with E-state index in [1.165, 1.54) is 16.5 Å². The zero-order chi connectivity index (χ0) is 19.5. The third kappa shape index (κ3) is 3.30. The second-order valence-electron chi connectivity index (χ2n) is 6.36. The van der Waals surface area contributed by atoms with Gasteiger partial charge < -0.3 is 5.11 Å². The number of nitrogens with zero attached hydrogens (tertiary/aromatic N) is 2. The van der Waals surface area contributed by atoms with Crippen molar-refractivity contribution in [3.05, 3.63) is 107 Å². The second-order valence-corrected chi connectivity index (χ2v) is 6.36. The first-order chi connectivity index (χ1) is 13.6. The Kier molecular flexibility index (Phi) is 4.72. The summed E-state index contributed by atoms with van der Waals surface area (Å²) in [5.41, 5.74) is 2.05. The molecule has 5 heteroatoms. The molecule has 0 radical (unpaired) electrons. The van der Waals surface area contributed by atoms with Gasteiger partial charge in [-0.3, -0.25) is 0 Å². The molecule has 1 N–H and O–H groups in total. The second kappa shape index (κ2) is 7.48. The summed E-state index contributed by atoms with van der Waals surface area (Å²) in [6, 6.07) is 20.6. The molecule has 4 nitrogen and oxygen atoms in total. The topological polar surface area (TPSA) is 45.6 Å². The van der Waals surface area contributed by atoms with Crippen LogP contribution in [0.3, 0.4) is 0 Å². The highest BCUT2D eigenvalue weighted by atomic mass is 19.1. The highest BCUT2D eigenvalue weighted by Crippen LogP contribution is 2.22. The van der Waals surface area contributed by atoms with Crippen LogP contribution in [0, 0.1) is 5.82 Å². The third-order valence-corrected chi connectivity index (χ3v) is 4.56. The summed E-state index contributed by atoms with van der Waals surface area (Å²) in [6.07, 6.45) is 5.39. The molecule has 0 aliphatic carbocycles. The highest BCUT2D eigenvalue weighted by molar-refractivity contribution is 5.67. The number of fused-ring (bicyclic) bond motifs is 1. The Morgan fingerprint density at radius 2 is 1.68 bits per heavy atom. The van der Waals surface area contributed by atoms with E-state index in [4.69, 9.17) is 0 Å². The Labute approximate surface area is 161 Å². The average Bonchev–Trinajstić information content (AvgIpc) is 2.73. The van der Waals surface area contributed by atoms with Crippen LogP contribution in [0.4, 0.5) is 4.39 Å². The van der Waals surface area contributed by atoms with Gasteiger partial charge in [-0.25, -0.2) is 9.18 Å². The summed E-state index contributed by atoms with van der Waals surface area (Å²) in [5.74, 6) is -0.378. The number of pyridine rings is 1. The Bertz CT molecular complexity index is 1210. The molecule has 2 heterocycles. The number of rotatable bonds is 4. The molecule has 28 heavy (non-hydrogen) atoms. The number of aromatic hydroxyl groups is 1. The fourth-order valence-corrected chi connectivity index (χ4v) is 3.19. The van der Waals surface area contributed by atoms with Gasteiger partial charge in [0.2, 0.25) is 0 Å². The van der Waals surface area contributed by atoms with Crippen LogP contribution in [0.2, 0.25) is 0 Å². The summed E-state index contributed by atoms with van der Waals surface area (Å²) >= 11 is 0. The predicted molar refractivity (Wildman–Crippen MR) is 106 cm³/mol. The maximum absolute atomic E-state index is 13.1. The molecule has 4 aromatic rings. The van der Waals surface area contributed by atoms with E-state index in [1.54, 1.807) is 47.2 Å². The maximum atomic E-state index is 13.1. The van der Waals surface area contributed by atoms with Gasteiger partial charge in [0.05, 0.1) is 6.20 Å². The van der Waals surface area contributed by atoms with Gasteiger partial charge in [0.15, 0.2) is 5.56 Å². The lowest BCUT2D eigenvalue weighted by molar-refractivity contribution is -0.670. The minimum Gasteiger partial charge on any atom is -0.477 e. The first-order valence-corrected chi connectivity index (χ1v) is 8.89. The smallest absolute Gasteiger partial charge is 0.354 e. The van der Waals surface area contributed by atoms with Gasteiger partial charge in [-0.1, -0.05) is 54.6 Å². The quantitative estimate of drug-likeness (QED) is 0.553. The van der Waals surface area contributed by atoms with Crippen LogP contribution in [0.25, 0.3) is 22.9 Å². The normalized spacial score (nSPS) is 11.3. The maximum Gasteiger partial charge on any atom is 0.354 e. The van der Waals surface area contributed by atoms with Gasteiger partial charge in [-0.05, 0) is 35.4 Å². The Morgan fingerprint density at radius 1 is 0.964 bits per heavy atom. The lowest BCUT2D eigenvalue weighted by atomic mass is 10.1. The number of hydrogen-bond acceptors (Lipinski definition) is 2. The molecule has 0 bridgehead atoms. The van der Waals surface area contributed by atoms with Crippen LogP contribution in [0.5, 0.6) is 5.88 Å². The number of allylic oxidation sites excluding steroid dienone is 1. The van der Waals surface area contributed by atoms with E-state index < -0.39 is 0 Å².